The topological polar surface area (TPSA) is 61.5 Å². The predicted molar refractivity (Wildman–Crippen MR) is 58.1 cm³/mol. The van der Waals surface area contributed by atoms with Crippen molar-refractivity contribution in [2.45, 2.75) is 6.42 Å². The van der Waals surface area contributed by atoms with Crippen LogP contribution in [0.15, 0.2) is 12.1 Å². The summed E-state index contributed by atoms with van der Waals surface area (Å²) in [5.41, 5.74) is 6.67. The molecule has 0 amide bonds. The molecule has 0 aliphatic rings. The third kappa shape index (κ3) is 2.76. The number of carbonyl (C=O) groups is 1. The van der Waals surface area contributed by atoms with Crippen LogP contribution in [0.3, 0.4) is 0 Å². The minimum atomic E-state index is -0.353. The van der Waals surface area contributed by atoms with Gasteiger partial charge in [-0.05, 0) is 6.07 Å². The van der Waals surface area contributed by atoms with Gasteiger partial charge < -0.3 is 15.2 Å². The van der Waals surface area contributed by atoms with Gasteiger partial charge in [-0.3, -0.25) is 4.79 Å². The Morgan fingerprint density at radius 1 is 1.47 bits per heavy atom. The van der Waals surface area contributed by atoms with Crippen molar-refractivity contribution in [1.82, 2.24) is 0 Å². The van der Waals surface area contributed by atoms with Crippen molar-refractivity contribution < 1.29 is 14.3 Å². The zero-order valence-corrected chi connectivity index (χ0v) is 9.30. The normalized spacial score (nSPS) is 9.80. The molecule has 0 aliphatic carbocycles. The van der Waals surface area contributed by atoms with Gasteiger partial charge in [-0.15, -0.1) is 0 Å². The van der Waals surface area contributed by atoms with Crippen LogP contribution in [0.5, 0.6) is 5.75 Å². The van der Waals surface area contributed by atoms with E-state index in [9.17, 15) is 4.79 Å². The number of halogens is 1. The molecular weight excluding hydrogens is 218 g/mol. The maximum Gasteiger partial charge on any atom is 0.310 e. The molecule has 0 unspecified atom stereocenters. The van der Waals surface area contributed by atoms with E-state index >= 15 is 0 Å². The molecule has 0 saturated heterocycles. The summed E-state index contributed by atoms with van der Waals surface area (Å²) in [5.74, 6) is 0.177. The number of esters is 1. The summed E-state index contributed by atoms with van der Waals surface area (Å²) in [6.45, 7) is 0. The lowest BCUT2D eigenvalue weighted by Crippen LogP contribution is -2.06. The minimum absolute atomic E-state index is 0.111. The third-order valence-electron chi connectivity index (χ3n) is 1.96. The van der Waals surface area contributed by atoms with E-state index in [4.69, 9.17) is 22.1 Å². The Labute approximate surface area is 92.9 Å². The van der Waals surface area contributed by atoms with Crippen LogP contribution in [0.1, 0.15) is 5.56 Å². The summed E-state index contributed by atoms with van der Waals surface area (Å²) in [5, 5.41) is 0.398. The molecule has 0 aromatic heterocycles. The second-order valence-electron chi connectivity index (χ2n) is 2.94. The number of methoxy groups -OCH3 is 2. The third-order valence-corrected chi connectivity index (χ3v) is 2.29. The van der Waals surface area contributed by atoms with Gasteiger partial charge in [0, 0.05) is 11.6 Å². The van der Waals surface area contributed by atoms with E-state index in [0.29, 0.717) is 22.0 Å². The molecule has 0 fully saturated rings. The van der Waals surface area contributed by atoms with E-state index in [1.807, 2.05) is 0 Å². The number of hydrogen-bond donors (Lipinski definition) is 1. The fourth-order valence-electron chi connectivity index (χ4n) is 1.17. The fourth-order valence-corrected chi connectivity index (χ4v) is 1.35. The Morgan fingerprint density at radius 2 is 2.13 bits per heavy atom. The highest BCUT2D eigenvalue weighted by molar-refractivity contribution is 6.33. The first-order chi connectivity index (χ1) is 7.08. The lowest BCUT2D eigenvalue weighted by atomic mass is 10.1. The number of rotatable bonds is 3. The Bertz CT molecular complexity index is 379. The molecule has 0 saturated carbocycles. The largest absolute Gasteiger partial charge is 0.496 e. The molecule has 0 atom stereocenters. The van der Waals surface area contributed by atoms with Gasteiger partial charge in [0.15, 0.2) is 0 Å². The number of carbonyl (C=O) groups excluding carboxylic acids is 1. The molecule has 0 aliphatic heterocycles. The van der Waals surface area contributed by atoms with Crippen LogP contribution in [-0.4, -0.2) is 20.2 Å². The van der Waals surface area contributed by atoms with Crippen molar-refractivity contribution in [3.8, 4) is 5.75 Å². The maximum atomic E-state index is 11.1. The lowest BCUT2D eigenvalue weighted by molar-refractivity contribution is -0.139. The van der Waals surface area contributed by atoms with Gasteiger partial charge >= 0.3 is 5.97 Å². The van der Waals surface area contributed by atoms with Crippen LogP contribution in [-0.2, 0) is 16.0 Å². The van der Waals surface area contributed by atoms with E-state index in [1.54, 1.807) is 12.1 Å². The first-order valence-corrected chi connectivity index (χ1v) is 4.65. The average molecular weight is 230 g/mol. The summed E-state index contributed by atoms with van der Waals surface area (Å²) >= 11 is 5.84. The average Bonchev–Trinajstić information content (AvgIpc) is 2.22. The van der Waals surface area contributed by atoms with E-state index in [1.165, 1.54) is 14.2 Å². The van der Waals surface area contributed by atoms with E-state index in [0.717, 1.165) is 0 Å². The second-order valence-corrected chi connectivity index (χ2v) is 3.35. The van der Waals surface area contributed by atoms with Crippen LogP contribution in [0.4, 0.5) is 5.69 Å². The van der Waals surface area contributed by atoms with Gasteiger partial charge in [0.2, 0.25) is 0 Å². The molecule has 2 N–H and O–H groups in total. The summed E-state index contributed by atoms with van der Waals surface area (Å²) in [7, 11) is 2.83. The van der Waals surface area contributed by atoms with Gasteiger partial charge in [0.25, 0.3) is 0 Å². The highest BCUT2D eigenvalue weighted by Gasteiger charge is 2.11. The molecule has 0 radical (unpaired) electrons. The second kappa shape index (κ2) is 4.89. The van der Waals surface area contributed by atoms with Gasteiger partial charge in [0.05, 0.1) is 31.4 Å². The molecule has 0 spiro atoms. The molecule has 1 aromatic carbocycles. The SMILES string of the molecule is COC(=O)Cc1cc(Cl)c(N)cc1OC. The quantitative estimate of drug-likeness (QED) is 0.632. The number of ether oxygens (including phenoxy) is 2. The van der Waals surface area contributed by atoms with Crippen molar-refractivity contribution in [3.05, 3.63) is 22.7 Å². The Morgan fingerprint density at radius 3 is 2.67 bits per heavy atom. The minimum Gasteiger partial charge on any atom is -0.496 e. The molecule has 4 nitrogen and oxygen atoms in total. The first kappa shape index (κ1) is 11.7. The highest BCUT2D eigenvalue weighted by atomic mass is 35.5. The number of hydrogen-bond acceptors (Lipinski definition) is 4. The molecular formula is C10H12ClNO3. The molecule has 0 heterocycles. The summed E-state index contributed by atoms with van der Waals surface area (Å²) in [6.07, 6.45) is 0.111. The summed E-state index contributed by atoms with van der Waals surface area (Å²) in [4.78, 5) is 11.1. The van der Waals surface area contributed by atoms with Gasteiger partial charge in [-0.2, -0.15) is 0 Å². The highest BCUT2D eigenvalue weighted by Crippen LogP contribution is 2.29. The lowest BCUT2D eigenvalue weighted by Gasteiger charge is -2.09. The monoisotopic (exact) mass is 229 g/mol. The molecule has 1 rings (SSSR count). The summed E-state index contributed by atoms with van der Waals surface area (Å²) < 4.78 is 9.64. The molecule has 1 aromatic rings. The van der Waals surface area contributed by atoms with Crippen LogP contribution < -0.4 is 10.5 Å². The van der Waals surface area contributed by atoms with Crippen LogP contribution in [0.25, 0.3) is 0 Å². The van der Waals surface area contributed by atoms with E-state index in [2.05, 4.69) is 4.74 Å². The predicted octanol–water partition coefficient (Wildman–Crippen LogP) is 1.65. The molecule has 0 bridgehead atoms. The van der Waals surface area contributed by atoms with Crippen molar-refractivity contribution in [1.29, 1.82) is 0 Å². The standard InChI is InChI=1S/C10H12ClNO3/c1-14-9-5-8(12)7(11)3-6(9)4-10(13)15-2/h3,5H,4,12H2,1-2H3. The fraction of sp³-hybridized carbons (Fsp3) is 0.300. The Balaban J connectivity index is 3.05. The van der Waals surface area contributed by atoms with Crippen LogP contribution >= 0.6 is 11.6 Å². The van der Waals surface area contributed by atoms with Crippen molar-refractivity contribution in [2.75, 3.05) is 20.0 Å². The van der Waals surface area contributed by atoms with Crippen molar-refractivity contribution in [3.63, 3.8) is 0 Å². The number of anilines is 1. The molecule has 82 valence electrons. The Kier molecular flexibility index (Phi) is 3.80. The van der Waals surface area contributed by atoms with Gasteiger partial charge in [0.1, 0.15) is 5.75 Å². The first-order valence-electron chi connectivity index (χ1n) is 4.27. The molecule has 15 heavy (non-hydrogen) atoms. The van der Waals surface area contributed by atoms with Crippen LogP contribution in [0, 0.1) is 0 Å². The van der Waals surface area contributed by atoms with Crippen molar-refractivity contribution >= 4 is 23.3 Å². The van der Waals surface area contributed by atoms with E-state index < -0.39 is 0 Å². The summed E-state index contributed by atoms with van der Waals surface area (Å²) in [6, 6.07) is 3.19. The number of nitrogens with two attached hydrogens (primary N) is 1. The Hall–Kier alpha value is -1.42. The zero-order chi connectivity index (χ0) is 11.4. The van der Waals surface area contributed by atoms with Gasteiger partial charge in [-0.25, -0.2) is 0 Å². The molecule has 5 heteroatoms. The van der Waals surface area contributed by atoms with E-state index in [-0.39, 0.29) is 12.4 Å². The van der Waals surface area contributed by atoms with Crippen molar-refractivity contribution in [2.24, 2.45) is 0 Å². The number of nitrogen functional groups attached to an aromatic ring is 1. The number of benzene rings is 1. The van der Waals surface area contributed by atoms with Gasteiger partial charge in [-0.1, -0.05) is 11.6 Å². The maximum absolute atomic E-state index is 11.1. The zero-order valence-electron chi connectivity index (χ0n) is 8.54. The smallest absolute Gasteiger partial charge is 0.310 e. The van der Waals surface area contributed by atoms with Crippen LogP contribution in [0.2, 0.25) is 5.02 Å².